The number of Topliss-reactive ketones (excluding diaryl/α,β-unsaturated/α-hetero) is 1. The van der Waals surface area contributed by atoms with Gasteiger partial charge in [0.2, 0.25) is 0 Å². The molecule has 0 saturated carbocycles. The Morgan fingerprint density at radius 1 is 1.24 bits per heavy atom. The third kappa shape index (κ3) is 1.10. The van der Waals surface area contributed by atoms with E-state index in [1.165, 1.54) is 6.08 Å². The zero-order valence-electron chi connectivity index (χ0n) is 9.86. The number of methoxy groups -OCH3 is 2. The summed E-state index contributed by atoms with van der Waals surface area (Å²) in [7, 11) is 3.13. The molecule has 0 aromatic rings. The average molecular weight is 234 g/mol. The number of carbonyl (C=O) groups excluding carboxylic acids is 2. The van der Waals surface area contributed by atoms with Crippen LogP contribution in [0.2, 0.25) is 0 Å². The lowest BCUT2D eigenvalue weighted by atomic mass is 9.87. The molecule has 0 fully saturated rings. The first-order chi connectivity index (χ1) is 8.15. The normalized spacial score (nSPS) is 33.5. The van der Waals surface area contributed by atoms with E-state index in [1.807, 2.05) is 6.08 Å². The van der Waals surface area contributed by atoms with Gasteiger partial charge in [-0.3, -0.25) is 9.59 Å². The molecule has 0 unspecified atom stereocenters. The Bertz CT molecular complexity index is 468. The highest BCUT2D eigenvalue weighted by atomic mass is 16.7. The first kappa shape index (κ1) is 10.9. The summed E-state index contributed by atoms with van der Waals surface area (Å²) >= 11 is 0. The van der Waals surface area contributed by atoms with Crippen LogP contribution < -0.4 is 0 Å². The van der Waals surface area contributed by atoms with Gasteiger partial charge in [0.1, 0.15) is 0 Å². The number of ketones is 2. The number of rotatable bonds is 2. The fourth-order valence-electron chi connectivity index (χ4n) is 3.46. The first-order valence-electron chi connectivity index (χ1n) is 5.74. The van der Waals surface area contributed by atoms with Crippen LogP contribution in [0.1, 0.15) is 12.8 Å². The lowest BCUT2D eigenvalue weighted by Crippen LogP contribution is -2.41. The van der Waals surface area contributed by atoms with Gasteiger partial charge in [-0.1, -0.05) is 6.08 Å². The molecule has 4 nitrogen and oxygen atoms in total. The summed E-state index contributed by atoms with van der Waals surface area (Å²) in [4.78, 5) is 23.8. The van der Waals surface area contributed by atoms with Crippen LogP contribution in [-0.4, -0.2) is 31.6 Å². The topological polar surface area (TPSA) is 52.6 Å². The Morgan fingerprint density at radius 3 is 2.59 bits per heavy atom. The maximum Gasteiger partial charge on any atom is 0.198 e. The monoisotopic (exact) mass is 234 g/mol. The highest BCUT2D eigenvalue weighted by Crippen LogP contribution is 2.55. The van der Waals surface area contributed by atoms with Gasteiger partial charge in [-0.05, 0) is 18.1 Å². The predicted molar refractivity (Wildman–Crippen MR) is 59.1 cm³/mol. The molecule has 3 aliphatic carbocycles. The minimum Gasteiger partial charge on any atom is -0.349 e. The molecule has 4 heteroatoms. The van der Waals surface area contributed by atoms with Gasteiger partial charge in [0, 0.05) is 26.2 Å². The van der Waals surface area contributed by atoms with Crippen LogP contribution in [-0.2, 0) is 19.1 Å². The maximum atomic E-state index is 11.9. The molecular weight excluding hydrogens is 220 g/mol. The zero-order valence-corrected chi connectivity index (χ0v) is 9.86. The minimum absolute atomic E-state index is 0.00581. The molecule has 0 spiro atoms. The Balaban J connectivity index is 2.18. The van der Waals surface area contributed by atoms with E-state index in [1.54, 1.807) is 14.2 Å². The Labute approximate surface area is 99.3 Å². The molecule has 0 bridgehead atoms. The molecule has 2 atom stereocenters. The van der Waals surface area contributed by atoms with E-state index in [2.05, 4.69) is 0 Å². The Hall–Kier alpha value is -1.26. The lowest BCUT2D eigenvalue weighted by Gasteiger charge is -2.34. The molecule has 0 N–H and O–H groups in total. The molecule has 0 aromatic heterocycles. The Morgan fingerprint density at radius 2 is 1.94 bits per heavy atom. The third-order valence-corrected chi connectivity index (χ3v) is 4.14. The number of fused-ring (bicyclic) bond motifs is 2. The molecule has 0 saturated heterocycles. The smallest absolute Gasteiger partial charge is 0.198 e. The molecule has 0 aliphatic heterocycles. The van der Waals surface area contributed by atoms with Gasteiger partial charge in [-0.2, -0.15) is 0 Å². The molecule has 0 aromatic carbocycles. The second-order valence-electron chi connectivity index (χ2n) is 4.66. The second-order valence-corrected chi connectivity index (χ2v) is 4.66. The summed E-state index contributed by atoms with van der Waals surface area (Å²) in [6, 6.07) is 0. The van der Waals surface area contributed by atoms with E-state index < -0.39 is 5.79 Å². The van der Waals surface area contributed by atoms with E-state index >= 15 is 0 Å². The summed E-state index contributed by atoms with van der Waals surface area (Å²) in [6.07, 6.45) is 4.46. The highest BCUT2D eigenvalue weighted by molar-refractivity contribution is 6.10. The van der Waals surface area contributed by atoms with E-state index in [9.17, 15) is 9.59 Å². The van der Waals surface area contributed by atoms with Crippen LogP contribution in [0.5, 0.6) is 0 Å². The van der Waals surface area contributed by atoms with Crippen LogP contribution in [0.15, 0.2) is 23.3 Å². The second kappa shape index (κ2) is 3.37. The number of carbonyl (C=O) groups is 2. The summed E-state index contributed by atoms with van der Waals surface area (Å²) in [5.41, 5.74) is 1.52. The number of hydrogen-bond acceptors (Lipinski definition) is 4. The molecule has 0 heterocycles. The van der Waals surface area contributed by atoms with E-state index in [0.717, 1.165) is 5.57 Å². The van der Waals surface area contributed by atoms with Crippen LogP contribution >= 0.6 is 0 Å². The maximum absolute atomic E-state index is 11.9. The van der Waals surface area contributed by atoms with Crippen molar-refractivity contribution < 1.29 is 19.1 Å². The van der Waals surface area contributed by atoms with Crippen molar-refractivity contribution in [2.75, 3.05) is 14.2 Å². The number of hydrogen-bond donors (Lipinski definition) is 0. The van der Waals surface area contributed by atoms with Crippen molar-refractivity contribution in [2.45, 2.75) is 18.6 Å². The van der Waals surface area contributed by atoms with Crippen LogP contribution in [0.4, 0.5) is 0 Å². The van der Waals surface area contributed by atoms with Crippen molar-refractivity contribution in [3.05, 3.63) is 23.3 Å². The van der Waals surface area contributed by atoms with Crippen LogP contribution in [0.3, 0.4) is 0 Å². The quantitative estimate of drug-likeness (QED) is 0.669. The summed E-state index contributed by atoms with van der Waals surface area (Å²) in [6.45, 7) is 0. The first-order valence-corrected chi connectivity index (χ1v) is 5.74. The lowest BCUT2D eigenvalue weighted by molar-refractivity contribution is -0.201. The highest BCUT2D eigenvalue weighted by Gasteiger charge is 2.60. The fraction of sp³-hybridized carbons (Fsp3) is 0.538. The number of ether oxygens (including phenoxy) is 2. The van der Waals surface area contributed by atoms with Crippen molar-refractivity contribution in [3.63, 3.8) is 0 Å². The van der Waals surface area contributed by atoms with Gasteiger partial charge in [-0.15, -0.1) is 0 Å². The molecular formula is C13H14O4. The van der Waals surface area contributed by atoms with Gasteiger partial charge in [-0.25, -0.2) is 0 Å². The van der Waals surface area contributed by atoms with E-state index in [4.69, 9.17) is 9.47 Å². The standard InChI is InChI=1S/C13H14O4/c1-16-13(17-2)7-3-5-9(14)11(7)12-8(13)4-6-10(12)15/h3,5,7,11H,4,6H2,1-2H3/t7-,11-/m0/s1. The SMILES string of the molecule is COC1(OC)C2=C(C(=O)CC2)[C@@H]2C(=O)C=C[C@@H]21. The molecule has 0 amide bonds. The Kier molecular flexibility index (Phi) is 2.15. The van der Waals surface area contributed by atoms with Gasteiger partial charge >= 0.3 is 0 Å². The van der Waals surface area contributed by atoms with E-state index in [0.29, 0.717) is 18.4 Å². The van der Waals surface area contributed by atoms with Gasteiger partial charge < -0.3 is 9.47 Å². The van der Waals surface area contributed by atoms with Crippen molar-refractivity contribution in [1.82, 2.24) is 0 Å². The number of allylic oxidation sites excluding steroid dienone is 2. The van der Waals surface area contributed by atoms with Crippen LogP contribution in [0, 0.1) is 11.8 Å². The molecule has 3 rings (SSSR count). The zero-order chi connectivity index (χ0) is 12.2. The van der Waals surface area contributed by atoms with Crippen molar-refractivity contribution >= 4 is 11.6 Å². The molecule has 0 radical (unpaired) electrons. The summed E-state index contributed by atoms with van der Waals surface area (Å²) in [5.74, 6) is -1.40. The van der Waals surface area contributed by atoms with Gasteiger partial charge in [0.15, 0.2) is 17.4 Å². The van der Waals surface area contributed by atoms with E-state index in [-0.39, 0.29) is 23.4 Å². The van der Waals surface area contributed by atoms with Gasteiger partial charge in [0.05, 0.1) is 11.8 Å². The molecule has 90 valence electrons. The van der Waals surface area contributed by atoms with Crippen molar-refractivity contribution in [1.29, 1.82) is 0 Å². The van der Waals surface area contributed by atoms with Crippen molar-refractivity contribution in [3.8, 4) is 0 Å². The summed E-state index contributed by atoms with van der Waals surface area (Å²) in [5, 5.41) is 0. The average Bonchev–Trinajstić information content (AvgIpc) is 2.94. The summed E-state index contributed by atoms with van der Waals surface area (Å²) < 4.78 is 11.1. The predicted octanol–water partition coefficient (Wildman–Crippen LogP) is 1.02. The van der Waals surface area contributed by atoms with Crippen LogP contribution in [0.25, 0.3) is 0 Å². The minimum atomic E-state index is -0.908. The molecule has 3 aliphatic rings. The van der Waals surface area contributed by atoms with Gasteiger partial charge in [0.25, 0.3) is 0 Å². The fourth-order valence-corrected chi connectivity index (χ4v) is 3.46. The third-order valence-electron chi connectivity index (χ3n) is 4.14. The largest absolute Gasteiger partial charge is 0.349 e. The molecule has 17 heavy (non-hydrogen) atoms. The van der Waals surface area contributed by atoms with Crippen molar-refractivity contribution in [2.24, 2.45) is 11.8 Å².